The molecule has 0 bridgehead atoms. The predicted octanol–water partition coefficient (Wildman–Crippen LogP) is 6.60. The summed E-state index contributed by atoms with van der Waals surface area (Å²) in [6.45, 7) is 6.05. The van der Waals surface area contributed by atoms with E-state index in [4.69, 9.17) is 13.7 Å². The highest BCUT2D eigenvalue weighted by molar-refractivity contribution is 9.10. The molecule has 0 spiro atoms. The first-order chi connectivity index (χ1) is 14.9. The molecule has 4 rings (SSSR count). The maximum atomic E-state index is 12.5. The van der Waals surface area contributed by atoms with Crippen molar-refractivity contribution in [1.82, 2.24) is 5.16 Å². The SMILES string of the molecule is CCOc1cc2occ(-c3cccc(Br)c3)c2cc1/C(C)=C/C(=O)Nc1cc(C)on1. The minimum absolute atomic E-state index is 0.298. The monoisotopic (exact) mass is 480 g/mol. The summed E-state index contributed by atoms with van der Waals surface area (Å²) in [5, 5.41) is 7.44. The Kier molecular flexibility index (Phi) is 5.95. The molecular weight excluding hydrogens is 460 g/mol. The lowest BCUT2D eigenvalue weighted by Crippen LogP contribution is -2.09. The van der Waals surface area contributed by atoms with Crippen molar-refractivity contribution in [2.24, 2.45) is 0 Å². The molecule has 0 saturated heterocycles. The first-order valence-corrected chi connectivity index (χ1v) is 10.6. The van der Waals surface area contributed by atoms with E-state index in [-0.39, 0.29) is 5.91 Å². The second-order valence-electron chi connectivity index (χ2n) is 7.08. The van der Waals surface area contributed by atoms with Crippen LogP contribution in [0.2, 0.25) is 0 Å². The molecule has 1 amide bonds. The molecule has 2 heterocycles. The van der Waals surface area contributed by atoms with Crippen LogP contribution in [-0.2, 0) is 4.79 Å². The number of carbonyl (C=O) groups is 1. The van der Waals surface area contributed by atoms with Crippen LogP contribution in [-0.4, -0.2) is 17.7 Å². The fraction of sp³-hybridized carbons (Fsp3) is 0.167. The Hall–Kier alpha value is -3.32. The van der Waals surface area contributed by atoms with Gasteiger partial charge in [0.15, 0.2) is 5.82 Å². The maximum Gasteiger partial charge on any atom is 0.249 e. The van der Waals surface area contributed by atoms with Gasteiger partial charge in [0.2, 0.25) is 5.91 Å². The highest BCUT2D eigenvalue weighted by Crippen LogP contribution is 2.38. The van der Waals surface area contributed by atoms with E-state index in [2.05, 4.69) is 26.4 Å². The Morgan fingerprint density at radius 3 is 2.81 bits per heavy atom. The van der Waals surface area contributed by atoms with Crippen molar-refractivity contribution in [3.8, 4) is 16.9 Å². The van der Waals surface area contributed by atoms with E-state index in [0.717, 1.165) is 37.7 Å². The Morgan fingerprint density at radius 1 is 1.26 bits per heavy atom. The third-order valence-electron chi connectivity index (χ3n) is 4.76. The van der Waals surface area contributed by atoms with E-state index in [1.165, 1.54) is 6.08 Å². The van der Waals surface area contributed by atoms with Crippen LogP contribution in [0.3, 0.4) is 0 Å². The lowest BCUT2D eigenvalue weighted by molar-refractivity contribution is -0.111. The second-order valence-corrected chi connectivity index (χ2v) is 7.99. The van der Waals surface area contributed by atoms with Crippen molar-refractivity contribution < 1.29 is 18.5 Å². The molecule has 0 aliphatic carbocycles. The van der Waals surface area contributed by atoms with Gasteiger partial charge < -0.3 is 19.0 Å². The van der Waals surface area contributed by atoms with E-state index in [9.17, 15) is 4.79 Å². The summed E-state index contributed by atoms with van der Waals surface area (Å²) in [6, 6.07) is 13.6. The zero-order valence-corrected chi connectivity index (χ0v) is 18.9. The number of ether oxygens (including phenoxy) is 1. The van der Waals surface area contributed by atoms with Crippen molar-refractivity contribution in [2.45, 2.75) is 20.8 Å². The molecule has 0 unspecified atom stereocenters. The van der Waals surface area contributed by atoms with Crippen LogP contribution in [0.5, 0.6) is 5.75 Å². The molecule has 158 valence electrons. The van der Waals surface area contributed by atoms with Crippen molar-refractivity contribution in [3.63, 3.8) is 0 Å². The Bertz CT molecular complexity index is 1290. The van der Waals surface area contributed by atoms with Crippen molar-refractivity contribution in [2.75, 3.05) is 11.9 Å². The number of nitrogens with one attached hydrogen (secondary N) is 1. The standard InChI is InChI=1S/C24H21BrN2O4/c1-4-29-21-12-22-19(20(13-30-22)16-6-5-7-17(25)10-16)11-18(21)14(2)8-24(28)26-23-9-15(3)31-27-23/h5-13H,4H2,1-3H3,(H,26,27,28)/b14-8+. The number of fused-ring (bicyclic) bond motifs is 1. The molecule has 0 atom stereocenters. The molecule has 4 aromatic rings. The van der Waals surface area contributed by atoms with Crippen LogP contribution >= 0.6 is 15.9 Å². The molecule has 31 heavy (non-hydrogen) atoms. The van der Waals surface area contributed by atoms with Crippen LogP contribution < -0.4 is 10.1 Å². The lowest BCUT2D eigenvalue weighted by Gasteiger charge is -2.11. The van der Waals surface area contributed by atoms with Crippen LogP contribution in [0.25, 0.3) is 27.7 Å². The second kappa shape index (κ2) is 8.81. The highest BCUT2D eigenvalue weighted by atomic mass is 79.9. The molecule has 6 nitrogen and oxygen atoms in total. The first kappa shape index (κ1) is 20.9. The number of rotatable bonds is 6. The molecule has 2 aromatic heterocycles. The van der Waals surface area contributed by atoms with Crippen LogP contribution in [0.1, 0.15) is 25.2 Å². The van der Waals surface area contributed by atoms with Crippen molar-refractivity contribution in [1.29, 1.82) is 0 Å². The Labute approximate surface area is 188 Å². The third-order valence-corrected chi connectivity index (χ3v) is 5.26. The topological polar surface area (TPSA) is 77.5 Å². The smallest absolute Gasteiger partial charge is 0.249 e. The Balaban J connectivity index is 1.74. The summed E-state index contributed by atoms with van der Waals surface area (Å²) in [5.41, 5.74) is 4.29. The van der Waals surface area contributed by atoms with Crippen LogP contribution in [0.15, 0.2) is 68.2 Å². The predicted molar refractivity (Wildman–Crippen MR) is 124 cm³/mol. The van der Waals surface area contributed by atoms with Crippen LogP contribution in [0.4, 0.5) is 5.82 Å². The lowest BCUT2D eigenvalue weighted by atomic mass is 9.99. The van der Waals surface area contributed by atoms with Gasteiger partial charge in [-0.3, -0.25) is 4.79 Å². The number of allylic oxidation sites excluding steroid dienone is 1. The van der Waals surface area contributed by atoms with Gasteiger partial charge in [-0.15, -0.1) is 0 Å². The molecule has 1 N–H and O–H groups in total. The minimum Gasteiger partial charge on any atom is -0.493 e. The molecule has 0 aliphatic rings. The van der Waals surface area contributed by atoms with Gasteiger partial charge in [0.05, 0.1) is 12.9 Å². The number of anilines is 1. The molecule has 0 saturated carbocycles. The minimum atomic E-state index is -0.298. The number of furan rings is 1. The van der Waals surface area contributed by atoms with Gasteiger partial charge in [0.25, 0.3) is 0 Å². The zero-order valence-electron chi connectivity index (χ0n) is 17.4. The normalized spacial score (nSPS) is 11.7. The molecular formula is C24H21BrN2O4. The van der Waals surface area contributed by atoms with Gasteiger partial charge in [-0.05, 0) is 50.1 Å². The fourth-order valence-electron chi connectivity index (χ4n) is 3.38. The summed E-state index contributed by atoms with van der Waals surface area (Å²) in [7, 11) is 0. The maximum absolute atomic E-state index is 12.5. The zero-order chi connectivity index (χ0) is 22.0. The van der Waals surface area contributed by atoms with Gasteiger partial charge >= 0.3 is 0 Å². The number of aryl methyl sites for hydroxylation is 1. The number of carbonyl (C=O) groups excluding carboxylic acids is 1. The van der Waals surface area contributed by atoms with Gasteiger partial charge in [0.1, 0.15) is 17.1 Å². The largest absolute Gasteiger partial charge is 0.493 e. The van der Waals surface area contributed by atoms with E-state index >= 15 is 0 Å². The fourth-order valence-corrected chi connectivity index (χ4v) is 3.78. The number of hydrogen-bond acceptors (Lipinski definition) is 5. The summed E-state index contributed by atoms with van der Waals surface area (Å²) in [6.07, 6.45) is 3.26. The van der Waals surface area contributed by atoms with Gasteiger partial charge in [0, 0.05) is 39.2 Å². The number of halogens is 1. The van der Waals surface area contributed by atoms with Crippen LogP contribution in [0, 0.1) is 6.92 Å². The highest BCUT2D eigenvalue weighted by Gasteiger charge is 2.16. The molecule has 0 aliphatic heterocycles. The Morgan fingerprint density at radius 2 is 2.10 bits per heavy atom. The number of benzene rings is 2. The van der Waals surface area contributed by atoms with Gasteiger partial charge in [-0.25, -0.2) is 0 Å². The summed E-state index contributed by atoms with van der Waals surface area (Å²) in [4.78, 5) is 12.5. The summed E-state index contributed by atoms with van der Waals surface area (Å²) < 4.78 is 17.6. The van der Waals surface area contributed by atoms with Gasteiger partial charge in [-0.2, -0.15) is 0 Å². The number of hydrogen-bond donors (Lipinski definition) is 1. The van der Waals surface area contributed by atoms with Gasteiger partial charge in [-0.1, -0.05) is 33.2 Å². The third kappa shape index (κ3) is 4.56. The average molecular weight is 481 g/mol. The number of aromatic nitrogens is 1. The number of nitrogens with zero attached hydrogens (tertiary/aromatic N) is 1. The average Bonchev–Trinajstić information content (AvgIpc) is 3.33. The number of amides is 1. The first-order valence-electron chi connectivity index (χ1n) is 9.81. The molecule has 0 radical (unpaired) electrons. The van der Waals surface area contributed by atoms with Crippen molar-refractivity contribution in [3.05, 3.63) is 70.6 Å². The molecule has 0 fully saturated rings. The summed E-state index contributed by atoms with van der Waals surface area (Å²) >= 11 is 3.52. The quantitative estimate of drug-likeness (QED) is 0.314. The van der Waals surface area contributed by atoms with E-state index < -0.39 is 0 Å². The molecule has 7 heteroatoms. The van der Waals surface area contributed by atoms with Crippen molar-refractivity contribution >= 4 is 44.2 Å². The molecule has 2 aromatic carbocycles. The van der Waals surface area contributed by atoms with E-state index in [0.29, 0.717) is 23.9 Å². The van der Waals surface area contributed by atoms with E-state index in [1.54, 1.807) is 19.3 Å². The van der Waals surface area contributed by atoms with E-state index in [1.807, 2.05) is 50.2 Å². The summed E-state index contributed by atoms with van der Waals surface area (Å²) in [5.74, 6) is 1.36.